The summed E-state index contributed by atoms with van der Waals surface area (Å²) in [5, 5.41) is 1.08. The van der Waals surface area contributed by atoms with Crippen molar-refractivity contribution in [1.82, 2.24) is 19.9 Å². The predicted molar refractivity (Wildman–Crippen MR) is 122 cm³/mol. The van der Waals surface area contributed by atoms with Gasteiger partial charge in [-0.15, -0.1) is 0 Å². The number of halogens is 1. The van der Waals surface area contributed by atoms with Crippen molar-refractivity contribution in [1.29, 1.82) is 0 Å². The molecule has 32 heavy (non-hydrogen) atoms. The van der Waals surface area contributed by atoms with Gasteiger partial charge in [0.1, 0.15) is 5.82 Å². The molecule has 3 heterocycles. The van der Waals surface area contributed by atoms with Crippen LogP contribution >= 0.6 is 0 Å². The van der Waals surface area contributed by atoms with E-state index in [9.17, 15) is 9.18 Å². The summed E-state index contributed by atoms with van der Waals surface area (Å²) in [4.78, 5) is 27.0. The van der Waals surface area contributed by atoms with Crippen LogP contribution in [0, 0.1) is 5.82 Å². The second-order valence-electron chi connectivity index (χ2n) is 8.25. The zero-order valence-electron chi connectivity index (χ0n) is 17.6. The highest BCUT2D eigenvalue weighted by Crippen LogP contribution is 2.33. The van der Waals surface area contributed by atoms with Crippen molar-refractivity contribution in [3.05, 3.63) is 78.0 Å². The number of aromatic amines is 1. The van der Waals surface area contributed by atoms with E-state index in [1.807, 2.05) is 35.4 Å². The average molecular weight is 429 g/mol. The van der Waals surface area contributed by atoms with Gasteiger partial charge in [-0.2, -0.15) is 0 Å². The van der Waals surface area contributed by atoms with Gasteiger partial charge in [0.05, 0.1) is 12.1 Å². The molecule has 162 valence electrons. The number of nitrogens with two attached hydrogens (primary N) is 1. The van der Waals surface area contributed by atoms with E-state index >= 15 is 0 Å². The van der Waals surface area contributed by atoms with Gasteiger partial charge >= 0.3 is 0 Å². The highest BCUT2D eigenvalue weighted by Gasteiger charge is 2.28. The van der Waals surface area contributed by atoms with E-state index in [0.29, 0.717) is 13.0 Å². The van der Waals surface area contributed by atoms with Crippen molar-refractivity contribution in [2.75, 3.05) is 18.8 Å². The Morgan fingerprint density at radius 1 is 1.19 bits per heavy atom. The molecule has 0 radical (unpaired) electrons. The van der Waals surface area contributed by atoms with Crippen molar-refractivity contribution in [3.8, 4) is 11.1 Å². The number of aromatic nitrogens is 3. The summed E-state index contributed by atoms with van der Waals surface area (Å²) in [6.45, 7) is 1.30. The minimum absolute atomic E-state index is 0.0426. The lowest BCUT2D eigenvalue weighted by Crippen LogP contribution is -2.40. The van der Waals surface area contributed by atoms with Gasteiger partial charge in [-0.1, -0.05) is 30.3 Å². The zero-order valence-corrected chi connectivity index (χ0v) is 17.6. The first-order valence-electron chi connectivity index (χ1n) is 10.8. The van der Waals surface area contributed by atoms with Crippen LogP contribution in [0.4, 0.5) is 10.3 Å². The molecule has 2 aromatic heterocycles. The molecule has 5 rings (SSSR count). The molecule has 0 aliphatic carbocycles. The van der Waals surface area contributed by atoms with Crippen molar-refractivity contribution in [3.63, 3.8) is 0 Å². The summed E-state index contributed by atoms with van der Waals surface area (Å²) < 4.78 is 13.4. The number of para-hydroxylation sites is 1. The molecule has 3 N–H and O–H groups in total. The number of hydrogen-bond donors (Lipinski definition) is 2. The number of nitrogens with zero attached hydrogens (tertiary/aromatic N) is 3. The molecule has 1 aliphatic rings. The summed E-state index contributed by atoms with van der Waals surface area (Å²) in [5.74, 6) is 0.0531. The Morgan fingerprint density at radius 2 is 2.00 bits per heavy atom. The molecular formula is C25H24FN5O. The second kappa shape index (κ2) is 8.42. The van der Waals surface area contributed by atoms with Gasteiger partial charge < -0.3 is 15.6 Å². The Bertz CT molecular complexity index is 1270. The van der Waals surface area contributed by atoms with Crippen LogP contribution in [0.2, 0.25) is 0 Å². The molecule has 6 nitrogen and oxygen atoms in total. The molecule has 7 heteroatoms. The van der Waals surface area contributed by atoms with Crippen LogP contribution in [0.25, 0.3) is 22.0 Å². The van der Waals surface area contributed by atoms with E-state index in [-0.39, 0.29) is 23.6 Å². The maximum Gasteiger partial charge on any atom is 0.227 e. The maximum absolute atomic E-state index is 13.4. The smallest absolute Gasteiger partial charge is 0.227 e. The fourth-order valence-corrected chi connectivity index (χ4v) is 4.55. The van der Waals surface area contributed by atoms with Crippen molar-refractivity contribution < 1.29 is 9.18 Å². The Labute approximate surface area is 185 Å². The number of carbonyl (C=O) groups excluding carboxylic acids is 1. The minimum atomic E-state index is -0.293. The van der Waals surface area contributed by atoms with Gasteiger partial charge in [0.25, 0.3) is 0 Å². The normalized spacial score (nSPS) is 16.4. The summed E-state index contributed by atoms with van der Waals surface area (Å²) >= 11 is 0. The van der Waals surface area contributed by atoms with E-state index in [1.165, 1.54) is 12.1 Å². The number of benzene rings is 2. The first kappa shape index (κ1) is 20.2. The van der Waals surface area contributed by atoms with E-state index in [2.05, 4.69) is 15.0 Å². The van der Waals surface area contributed by atoms with Crippen molar-refractivity contribution in [2.24, 2.45) is 0 Å². The van der Waals surface area contributed by atoms with Gasteiger partial charge in [-0.3, -0.25) is 4.79 Å². The van der Waals surface area contributed by atoms with Gasteiger partial charge in [-0.05, 0) is 42.2 Å². The molecule has 1 saturated heterocycles. The Hall–Kier alpha value is -3.74. The van der Waals surface area contributed by atoms with Crippen LogP contribution in [-0.2, 0) is 11.2 Å². The van der Waals surface area contributed by atoms with Gasteiger partial charge in [0.2, 0.25) is 11.9 Å². The molecule has 2 aromatic carbocycles. The Kier molecular flexibility index (Phi) is 5.31. The van der Waals surface area contributed by atoms with E-state index in [4.69, 9.17) is 5.73 Å². The molecule has 0 unspecified atom stereocenters. The molecule has 0 saturated carbocycles. The van der Waals surface area contributed by atoms with Crippen LogP contribution in [0.5, 0.6) is 0 Å². The summed E-state index contributed by atoms with van der Waals surface area (Å²) in [5.41, 5.74) is 10.4. The highest BCUT2D eigenvalue weighted by atomic mass is 19.1. The van der Waals surface area contributed by atoms with Crippen LogP contribution in [0.3, 0.4) is 0 Å². The number of carbonyl (C=O) groups is 1. The molecule has 4 aromatic rings. The molecule has 1 fully saturated rings. The second-order valence-corrected chi connectivity index (χ2v) is 8.25. The van der Waals surface area contributed by atoms with E-state index < -0.39 is 0 Å². The fraction of sp³-hybridized carbons (Fsp3) is 0.240. The Balaban J connectivity index is 1.38. The number of likely N-dealkylation sites (tertiary alicyclic amines) is 1. The zero-order chi connectivity index (χ0) is 22.1. The number of anilines is 1. The number of nitrogen functional groups attached to an aromatic ring is 1. The third-order valence-corrected chi connectivity index (χ3v) is 6.17. The van der Waals surface area contributed by atoms with E-state index in [0.717, 1.165) is 52.7 Å². The SMILES string of the molecule is Nc1ncc(-c2ccc(F)cc2)c([C@H]2CCCN(C(=O)Cc3c[nH]c4ccccc34)C2)n1. The monoisotopic (exact) mass is 429 g/mol. The van der Waals surface area contributed by atoms with E-state index in [1.54, 1.807) is 18.3 Å². The third kappa shape index (κ3) is 3.93. The van der Waals surface area contributed by atoms with Gasteiger partial charge in [0.15, 0.2) is 0 Å². The standard InChI is InChI=1S/C25H24FN5O/c26-19-9-7-16(8-10-19)21-14-29-25(27)30-24(21)17-4-3-11-31(15-17)23(32)12-18-13-28-22-6-2-1-5-20(18)22/h1-2,5-10,13-14,17,28H,3-4,11-12,15H2,(H2,27,29,30)/t17-/m0/s1. The molecular weight excluding hydrogens is 405 g/mol. The summed E-state index contributed by atoms with van der Waals surface area (Å²) in [6, 6.07) is 14.3. The quantitative estimate of drug-likeness (QED) is 0.506. The van der Waals surface area contributed by atoms with Gasteiger partial charge in [-0.25, -0.2) is 14.4 Å². The van der Waals surface area contributed by atoms with Crippen LogP contribution in [0.1, 0.15) is 30.0 Å². The van der Waals surface area contributed by atoms with Crippen molar-refractivity contribution in [2.45, 2.75) is 25.2 Å². The molecule has 0 bridgehead atoms. The van der Waals surface area contributed by atoms with Crippen LogP contribution < -0.4 is 5.73 Å². The number of amides is 1. The number of hydrogen-bond acceptors (Lipinski definition) is 4. The number of H-pyrrole nitrogens is 1. The fourth-order valence-electron chi connectivity index (χ4n) is 4.55. The summed E-state index contributed by atoms with van der Waals surface area (Å²) in [6.07, 6.45) is 5.76. The average Bonchev–Trinajstić information content (AvgIpc) is 3.22. The lowest BCUT2D eigenvalue weighted by atomic mass is 9.89. The van der Waals surface area contributed by atoms with Crippen LogP contribution in [0.15, 0.2) is 60.9 Å². The number of fused-ring (bicyclic) bond motifs is 1. The lowest BCUT2D eigenvalue weighted by molar-refractivity contribution is -0.131. The number of nitrogens with one attached hydrogen (secondary N) is 1. The first-order valence-corrected chi connectivity index (χ1v) is 10.8. The maximum atomic E-state index is 13.4. The van der Waals surface area contributed by atoms with Crippen LogP contribution in [-0.4, -0.2) is 38.8 Å². The largest absolute Gasteiger partial charge is 0.368 e. The summed E-state index contributed by atoms with van der Waals surface area (Å²) in [7, 11) is 0. The molecule has 1 amide bonds. The topological polar surface area (TPSA) is 87.9 Å². The lowest BCUT2D eigenvalue weighted by Gasteiger charge is -2.33. The predicted octanol–water partition coefficient (Wildman–Crippen LogP) is 4.29. The minimum Gasteiger partial charge on any atom is -0.368 e. The highest BCUT2D eigenvalue weighted by molar-refractivity contribution is 5.89. The number of piperidine rings is 1. The molecule has 1 atom stereocenters. The van der Waals surface area contributed by atoms with Crippen molar-refractivity contribution >= 4 is 22.8 Å². The van der Waals surface area contributed by atoms with Gasteiger partial charge in [0, 0.05) is 47.9 Å². The molecule has 1 aliphatic heterocycles. The Morgan fingerprint density at radius 3 is 2.84 bits per heavy atom. The first-order chi connectivity index (χ1) is 15.6. The third-order valence-electron chi connectivity index (χ3n) is 6.17. The molecule has 0 spiro atoms. The number of rotatable bonds is 4.